The number of para-hydroxylation sites is 4. The Morgan fingerprint density at radius 1 is 0.375 bits per heavy atom. The predicted octanol–water partition coefficient (Wildman–Crippen LogP) is 11.0. The molecule has 8 nitrogen and oxygen atoms in total. The Kier molecular flexibility index (Phi) is 6.47. The second kappa shape index (κ2) is 11.8. The molecular weight excluding hydrogens is 689 g/mol. The lowest BCUT2D eigenvalue weighted by Gasteiger charge is -2.13. The summed E-state index contributed by atoms with van der Waals surface area (Å²) >= 11 is 0. The summed E-state index contributed by atoms with van der Waals surface area (Å²) in [6.07, 6.45) is 7.87. The van der Waals surface area contributed by atoms with Crippen LogP contribution in [0.1, 0.15) is 0 Å². The van der Waals surface area contributed by atoms with Crippen LogP contribution in [0.5, 0.6) is 0 Å². The van der Waals surface area contributed by atoms with Crippen LogP contribution in [0.25, 0.3) is 100 Å². The fraction of sp³-hybridized carbons (Fsp3) is 0. The van der Waals surface area contributed by atoms with Gasteiger partial charge in [0.2, 0.25) is 11.9 Å². The third-order valence-electron chi connectivity index (χ3n) is 11.0. The van der Waals surface area contributed by atoms with Crippen molar-refractivity contribution in [2.24, 2.45) is 0 Å². The van der Waals surface area contributed by atoms with Gasteiger partial charge in [-0.3, -0.25) is 14.1 Å². The van der Waals surface area contributed by atoms with Gasteiger partial charge < -0.3 is 9.13 Å². The molecule has 12 rings (SSSR count). The first kappa shape index (κ1) is 30.6. The molecule has 0 bridgehead atoms. The fourth-order valence-corrected chi connectivity index (χ4v) is 8.59. The third-order valence-corrected chi connectivity index (χ3v) is 11.0. The Morgan fingerprint density at radius 3 is 1.34 bits per heavy atom. The van der Waals surface area contributed by atoms with Crippen LogP contribution in [-0.2, 0) is 0 Å². The van der Waals surface area contributed by atoms with Gasteiger partial charge in [-0.05, 0) is 72.8 Å². The molecule has 6 aromatic carbocycles. The van der Waals surface area contributed by atoms with Crippen LogP contribution < -0.4 is 0 Å². The zero-order valence-electron chi connectivity index (χ0n) is 29.9. The average molecular weight is 719 g/mol. The molecule has 0 atom stereocenters. The van der Waals surface area contributed by atoms with Crippen molar-refractivity contribution >= 4 is 65.4 Å². The predicted molar refractivity (Wildman–Crippen MR) is 225 cm³/mol. The van der Waals surface area contributed by atoms with Crippen LogP contribution in [0.4, 0.5) is 0 Å². The summed E-state index contributed by atoms with van der Waals surface area (Å²) in [5.74, 6) is 1.63. The molecule has 0 aliphatic heterocycles. The van der Waals surface area contributed by atoms with Gasteiger partial charge in [-0.15, -0.1) is 0 Å². The van der Waals surface area contributed by atoms with E-state index >= 15 is 0 Å². The molecular formula is C48H30N8. The van der Waals surface area contributed by atoms with Crippen LogP contribution in [-0.4, -0.2) is 38.2 Å². The molecule has 0 radical (unpaired) electrons. The SMILES string of the molecule is c1ccc(-n2ccc3ccc4c(c5ccccc5n4-c4nc(-c5ccncc5)nc(-n5c6ccccc6c6c7c(ccc65)ccn7-c5ccccc5)n4)c32)cc1. The van der Waals surface area contributed by atoms with Gasteiger partial charge in [-0.2, -0.15) is 15.0 Å². The van der Waals surface area contributed by atoms with Crippen molar-refractivity contribution in [3.63, 3.8) is 0 Å². The first-order valence-corrected chi connectivity index (χ1v) is 18.6. The minimum Gasteiger partial charge on any atom is -0.316 e. The van der Waals surface area contributed by atoms with Crippen LogP contribution in [0.3, 0.4) is 0 Å². The molecule has 0 unspecified atom stereocenters. The molecule has 0 amide bonds. The van der Waals surface area contributed by atoms with Gasteiger partial charge in [0.15, 0.2) is 5.82 Å². The molecule has 0 saturated carbocycles. The number of benzene rings is 6. The standard InChI is InChI=1S/C48H30N8/c1-3-11-34(12-4-1)53-29-25-31-19-21-40-42(44(31)53)36-15-7-9-17-38(36)55(40)47-50-46(33-23-27-49-28-24-33)51-48(52-47)56-39-18-10-8-16-37(39)43-41(56)22-20-32-26-30-54(45(32)43)35-13-5-2-6-14-35/h1-30H. The van der Waals surface area contributed by atoms with E-state index in [4.69, 9.17) is 15.0 Å². The van der Waals surface area contributed by atoms with Crippen molar-refractivity contribution in [1.29, 1.82) is 0 Å². The Balaban J connectivity index is 1.19. The Morgan fingerprint density at radius 2 is 0.839 bits per heavy atom. The molecule has 0 aliphatic rings. The van der Waals surface area contributed by atoms with Gasteiger partial charge in [0, 0.05) is 74.0 Å². The van der Waals surface area contributed by atoms with Crippen molar-refractivity contribution in [3.05, 3.63) is 183 Å². The summed E-state index contributed by atoms with van der Waals surface area (Å²) in [5, 5.41) is 6.85. The van der Waals surface area contributed by atoms with E-state index in [9.17, 15) is 0 Å². The summed E-state index contributed by atoms with van der Waals surface area (Å²) in [7, 11) is 0. The molecule has 0 saturated heterocycles. The van der Waals surface area contributed by atoms with E-state index in [-0.39, 0.29) is 0 Å². The molecule has 12 aromatic rings. The third kappa shape index (κ3) is 4.41. The van der Waals surface area contributed by atoms with Gasteiger partial charge in [-0.1, -0.05) is 84.9 Å². The minimum atomic E-state index is 0.532. The molecule has 6 heterocycles. The van der Waals surface area contributed by atoms with Gasteiger partial charge in [0.05, 0.1) is 33.1 Å². The Labute approximate surface area is 319 Å². The van der Waals surface area contributed by atoms with Crippen molar-refractivity contribution < 1.29 is 0 Å². The van der Waals surface area contributed by atoms with E-state index in [0.717, 1.165) is 82.4 Å². The first-order chi connectivity index (χ1) is 27.8. The normalized spacial score (nSPS) is 11.9. The number of fused-ring (bicyclic) bond motifs is 10. The summed E-state index contributed by atoms with van der Waals surface area (Å²) < 4.78 is 8.93. The summed E-state index contributed by atoms with van der Waals surface area (Å²) in [5.41, 5.74) is 9.39. The highest BCUT2D eigenvalue weighted by Crippen LogP contribution is 2.40. The second-order valence-corrected chi connectivity index (χ2v) is 14.0. The van der Waals surface area contributed by atoms with Crippen LogP contribution in [0, 0.1) is 0 Å². The van der Waals surface area contributed by atoms with Crippen molar-refractivity contribution in [1.82, 2.24) is 38.2 Å². The number of aromatic nitrogens is 8. The van der Waals surface area contributed by atoms with Crippen molar-refractivity contribution in [3.8, 4) is 34.7 Å². The van der Waals surface area contributed by atoms with Crippen LogP contribution in [0.15, 0.2) is 183 Å². The summed E-state index contributed by atoms with van der Waals surface area (Å²) in [6.45, 7) is 0. The lowest BCUT2D eigenvalue weighted by molar-refractivity contribution is 0.892. The molecule has 0 spiro atoms. The van der Waals surface area contributed by atoms with Gasteiger partial charge in [-0.25, -0.2) is 0 Å². The lowest BCUT2D eigenvalue weighted by Crippen LogP contribution is -2.10. The number of hydrogen-bond acceptors (Lipinski definition) is 4. The van der Waals surface area contributed by atoms with Crippen LogP contribution in [0.2, 0.25) is 0 Å². The van der Waals surface area contributed by atoms with E-state index in [0.29, 0.717) is 17.7 Å². The van der Waals surface area contributed by atoms with E-state index in [1.807, 2.05) is 12.1 Å². The highest BCUT2D eigenvalue weighted by atomic mass is 15.3. The average Bonchev–Trinajstić information content (AvgIpc) is 4.05. The number of rotatable bonds is 5. The first-order valence-electron chi connectivity index (χ1n) is 18.6. The van der Waals surface area contributed by atoms with Gasteiger partial charge in [0.25, 0.3) is 0 Å². The second-order valence-electron chi connectivity index (χ2n) is 14.0. The topological polar surface area (TPSA) is 71.3 Å². The quantitative estimate of drug-likeness (QED) is 0.178. The Hall–Kier alpha value is -7.84. The zero-order chi connectivity index (χ0) is 36.7. The smallest absolute Gasteiger partial charge is 0.240 e. The molecule has 262 valence electrons. The van der Waals surface area contributed by atoms with E-state index in [2.05, 4.69) is 181 Å². The highest BCUT2D eigenvalue weighted by Gasteiger charge is 2.23. The van der Waals surface area contributed by atoms with Gasteiger partial charge in [0.1, 0.15) is 0 Å². The maximum Gasteiger partial charge on any atom is 0.240 e. The molecule has 0 fully saturated rings. The number of hydrogen-bond donors (Lipinski definition) is 0. The summed E-state index contributed by atoms with van der Waals surface area (Å²) in [6, 6.07) is 55.1. The van der Waals surface area contributed by atoms with E-state index < -0.39 is 0 Å². The highest BCUT2D eigenvalue weighted by molar-refractivity contribution is 6.22. The van der Waals surface area contributed by atoms with E-state index in [1.54, 1.807) is 12.4 Å². The van der Waals surface area contributed by atoms with Crippen molar-refractivity contribution in [2.75, 3.05) is 0 Å². The minimum absolute atomic E-state index is 0.532. The number of nitrogens with zero attached hydrogens (tertiary/aromatic N) is 8. The van der Waals surface area contributed by atoms with Gasteiger partial charge >= 0.3 is 0 Å². The molecule has 6 aromatic heterocycles. The lowest BCUT2D eigenvalue weighted by atomic mass is 10.1. The maximum absolute atomic E-state index is 5.42. The molecule has 56 heavy (non-hydrogen) atoms. The fourth-order valence-electron chi connectivity index (χ4n) is 8.59. The monoisotopic (exact) mass is 718 g/mol. The molecule has 8 heteroatoms. The molecule has 0 N–H and O–H groups in total. The van der Waals surface area contributed by atoms with E-state index in [1.165, 1.54) is 0 Å². The Bertz CT molecular complexity index is 3250. The van der Waals surface area contributed by atoms with Crippen LogP contribution >= 0.6 is 0 Å². The zero-order valence-corrected chi connectivity index (χ0v) is 29.9. The number of pyridine rings is 1. The largest absolute Gasteiger partial charge is 0.316 e. The van der Waals surface area contributed by atoms with Crippen molar-refractivity contribution in [2.45, 2.75) is 0 Å². The summed E-state index contributed by atoms with van der Waals surface area (Å²) in [4.78, 5) is 20.2. The molecule has 0 aliphatic carbocycles. The maximum atomic E-state index is 5.42.